The Labute approximate surface area is 158 Å². The predicted octanol–water partition coefficient (Wildman–Crippen LogP) is 3.08. The van der Waals surface area contributed by atoms with Gasteiger partial charge in [0.25, 0.3) is 5.56 Å². The summed E-state index contributed by atoms with van der Waals surface area (Å²) in [6.45, 7) is 1.70. The van der Waals surface area contributed by atoms with E-state index in [9.17, 15) is 14.7 Å². The van der Waals surface area contributed by atoms with Crippen molar-refractivity contribution in [2.45, 2.75) is 6.92 Å². The standard InChI is InChI=1S/C20H16N4O4/c1-12-16(19(26)24(23(12)2)13-8-4-3-5-9-13)21-22-17-18(25)14-10-6-7-11-15(14)28-20(17)27/h3-11,25H,1-2H3/p-1. The lowest BCUT2D eigenvalue weighted by molar-refractivity contribution is -0.265. The van der Waals surface area contributed by atoms with Crippen LogP contribution in [0.5, 0.6) is 5.75 Å². The second-order valence-corrected chi connectivity index (χ2v) is 6.17. The van der Waals surface area contributed by atoms with Crippen molar-refractivity contribution in [1.82, 2.24) is 9.36 Å². The summed E-state index contributed by atoms with van der Waals surface area (Å²) < 4.78 is 8.19. The molecule has 0 aliphatic heterocycles. The highest BCUT2D eigenvalue weighted by atomic mass is 16.4. The van der Waals surface area contributed by atoms with E-state index in [4.69, 9.17) is 4.42 Å². The second kappa shape index (κ2) is 6.66. The molecule has 8 heteroatoms. The van der Waals surface area contributed by atoms with Gasteiger partial charge in [0.05, 0.1) is 11.4 Å². The maximum absolute atomic E-state index is 12.8. The summed E-state index contributed by atoms with van der Waals surface area (Å²) in [5, 5.41) is 20.5. The summed E-state index contributed by atoms with van der Waals surface area (Å²) in [4.78, 5) is 25.0. The fourth-order valence-electron chi connectivity index (χ4n) is 2.97. The van der Waals surface area contributed by atoms with E-state index in [0.717, 1.165) is 0 Å². The van der Waals surface area contributed by atoms with Gasteiger partial charge < -0.3 is 9.52 Å². The van der Waals surface area contributed by atoms with Gasteiger partial charge in [-0.25, -0.2) is 9.48 Å². The molecule has 2 heterocycles. The van der Waals surface area contributed by atoms with Crippen LogP contribution in [0.1, 0.15) is 5.69 Å². The minimum atomic E-state index is -0.899. The molecule has 0 N–H and O–H groups in total. The third kappa shape index (κ3) is 2.71. The molecule has 0 saturated heterocycles. The third-order valence-electron chi connectivity index (χ3n) is 4.52. The molecule has 0 saturated carbocycles. The van der Waals surface area contributed by atoms with Crippen molar-refractivity contribution in [3.8, 4) is 11.4 Å². The average molecular weight is 375 g/mol. The molecule has 4 rings (SSSR count). The molecule has 8 nitrogen and oxygen atoms in total. The zero-order chi connectivity index (χ0) is 19.8. The van der Waals surface area contributed by atoms with Gasteiger partial charge in [-0.3, -0.25) is 9.48 Å². The zero-order valence-electron chi connectivity index (χ0n) is 15.1. The fourth-order valence-corrected chi connectivity index (χ4v) is 2.97. The summed E-state index contributed by atoms with van der Waals surface area (Å²) in [5.74, 6) is -0.590. The Morgan fingerprint density at radius 1 is 0.929 bits per heavy atom. The van der Waals surface area contributed by atoms with Crippen molar-refractivity contribution in [2.24, 2.45) is 17.3 Å². The first-order chi connectivity index (χ1) is 13.5. The average Bonchev–Trinajstić information content (AvgIpc) is 2.91. The Morgan fingerprint density at radius 3 is 2.32 bits per heavy atom. The molecule has 0 fully saturated rings. The normalized spacial score (nSPS) is 11.5. The van der Waals surface area contributed by atoms with Gasteiger partial charge in [-0.2, -0.15) is 0 Å². The van der Waals surface area contributed by atoms with Gasteiger partial charge in [0, 0.05) is 12.4 Å². The van der Waals surface area contributed by atoms with Gasteiger partial charge in [-0.05, 0) is 25.1 Å². The number of benzene rings is 2. The highest BCUT2D eigenvalue weighted by Gasteiger charge is 2.16. The monoisotopic (exact) mass is 375 g/mol. The van der Waals surface area contributed by atoms with Crippen LogP contribution in [-0.4, -0.2) is 9.36 Å². The van der Waals surface area contributed by atoms with Crippen LogP contribution in [-0.2, 0) is 7.05 Å². The lowest BCUT2D eigenvalue weighted by atomic mass is 10.2. The van der Waals surface area contributed by atoms with E-state index in [1.807, 2.05) is 18.2 Å². The molecule has 4 aromatic rings. The summed E-state index contributed by atoms with van der Waals surface area (Å²) >= 11 is 0. The molecule has 140 valence electrons. The summed E-state index contributed by atoms with van der Waals surface area (Å²) in [6.07, 6.45) is 0. The van der Waals surface area contributed by atoms with Crippen molar-refractivity contribution in [3.05, 3.63) is 81.1 Å². The van der Waals surface area contributed by atoms with Crippen molar-refractivity contribution in [3.63, 3.8) is 0 Å². The molecule has 0 amide bonds. The van der Waals surface area contributed by atoms with Crippen LogP contribution in [0.3, 0.4) is 0 Å². The van der Waals surface area contributed by atoms with Gasteiger partial charge in [0.2, 0.25) is 0 Å². The SMILES string of the molecule is Cc1c(N=Nc2c([O-])c3ccccc3oc2=O)c(=O)n(-c2ccccc2)n1C. The predicted molar refractivity (Wildman–Crippen MR) is 102 cm³/mol. The molecular weight excluding hydrogens is 360 g/mol. The molecule has 2 aromatic carbocycles. The van der Waals surface area contributed by atoms with E-state index < -0.39 is 22.6 Å². The molecule has 0 aliphatic rings. The third-order valence-corrected chi connectivity index (χ3v) is 4.52. The number of azo groups is 1. The number of aromatic nitrogens is 2. The van der Waals surface area contributed by atoms with Crippen LogP contribution in [0.4, 0.5) is 11.4 Å². The summed E-state index contributed by atoms with van der Waals surface area (Å²) in [6, 6.07) is 15.4. The number of fused-ring (bicyclic) bond motifs is 1. The smallest absolute Gasteiger partial charge is 0.363 e. The molecule has 0 spiro atoms. The number of nitrogens with zero attached hydrogens (tertiary/aromatic N) is 4. The minimum absolute atomic E-state index is 0.0401. The van der Waals surface area contributed by atoms with Crippen molar-refractivity contribution in [2.75, 3.05) is 0 Å². The van der Waals surface area contributed by atoms with Gasteiger partial charge in [0.1, 0.15) is 5.58 Å². The quantitative estimate of drug-likeness (QED) is 0.405. The van der Waals surface area contributed by atoms with E-state index in [1.165, 1.54) is 16.8 Å². The molecule has 0 atom stereocenters. The Morgan fingerprint density at radius 2 is 1.57 bits per heavy atom. The van der Waals surface area contributed by atoms with Crippen molar-refractivity contribution >= 4 is 22.3 Å². The Balaban J connectivity index is 1.85. The van der Waals surface area contributed by atoms with Crippen LogP contribution in [0.15, 0.2) is 78.8 Å². The largest absolute Gasteiger partial charge is 0.870 e. The number of rotatable bonds is 3. The van der Waals surface area contributed by atoms with Crippen molar-refractivity contribution in [1.29, 1.82) is 0 Å². The lowest BCUT2D eigenvalue weighted by Gasteiger charge is -2.10. The van der Waals surface area contributed by atoms with E-state index in [-0.39, 0.29) is 16.7 Å². The second-order valence-electron chi connectivity index (χ2n) is 6.17. The summed E-state index contributed by atoms with van der Waals surface area (Å²) in [7, 11) is 1.71. The van der Waals surface area contributed by atoms with Crippen LogP contribution in [0, 0.1) is 6.92 Å². The maximum Gasteiger partial charge on any atom is 0.363 e. The van der Waals surface area contributed by atoms with E-state index >= 15 is 0 Å². The van der Waals surface area contributed by atoms with Crippen LogP contribution in [0.25, 0.3) is 16.7 Å². The molecule has 0 unspecified atom stereocenters. The molecular formula is C20H15N4O4-. The van der Waals surface area contributed by atoms with Crippen LogP contribution >= 0.6 is 0 Å². The van der Waals surface area contributed by atoms with Gasteiger partial charge in [-0.15, -0.1) is 10.2 Å². The van der Waals surface area contributed by atoms with Crippen LogP contribution in [0.2, 0.25) is 0 Å². The first-order valence-corrected chi connectivity index (χ1v) is 8.47. The summed E-state index contributed by atoms with van der Waals surface area (Å²) in [5.41, 5.74) is -0.355. The van der Waals surface area contributed by atoms with Crippen molar-refractivity contribution < 1.29 is 9.52 Å². The van der Waals surface area contributed by atoms with E-state index in [0.29, 0.717) is 11.4 Å². The molecule has 28 heavy (non-hydrogen) atoms. The molecule has 2 aromatic heterocycles. The van der Waals surface area contributed by atoms with Gasteiger partial charge in [0.15, 0.2) is 11.4 Å². The Bertz CT molecular complexity index is 1330. The van der Waals surface area contributed by atoms with E-state index in [2.05, 4.69) is 10.2 Å². The first kappa shape index (κ1) is 17.5. The highest BCUT2D eigenvalue weighted by Crippen LogP contribution is 2.30. The molecule has 0 aliphatic carbocycles. The Hall–Kier alpha value is -3.94. The highest BCUT2D eigenvalue weighted by molar-refractivity contribution is 5.86. The molecule has 0 radical (unpaired) electrons. The number of hydrogen-bond donors (Lipinski definition) is 0. The van der Waals surface area contributed by atoms with Gasteiger partial charge in [-0.1, -0.05) is 42.1 Å². The molecule has 0 bridgehead atoms. The van der Waals surface area contributed by atoms with E-state index in [1.54, 1.807) is 42.9 Å². The van der Waals surface area contributed by atoms with Crippen LogP contribution < -0.4 is 16.3 Å². The minimum Gasteiger partial charge on any atom is -0.870 e. The topological polar surface area (TPSA) is 105 Å². The zero-order valence-corrected chi connectivity index (χ0v) is 15.1. The number of hydrogen-bond acceptors (Lipinski definition) is 6. The van der Waals surface area contributed by atoms with Gasteiger partial charge >= 0.3 is 5.63 Å². The maximum atomic E-state index is 12.8. The lowest BCUT2D eigenvalue weighted by Crippen LogP contribution is -2.19. The first-order valence-electron chi connectivity index (χ1n) is 8.47. The number of para-hydroxylation sites is 2. The fraction of sp³-hybridized carbons (Fsp3) is 0.100. The Kier molecular flexibility index (Phi) is 4.15.